The molecule has 3 aromatic rings. The zero-order chi connectivity index (χ0) is 18.8. The summed E-state index contributed by atoms with van der Waals surface area (Å²) in [6.07, 6.45) is 2.94. The molecule has 1 aliphatic rings. The van der Waals surface area contributed by atoms with E-state index in [9.17, 15) is 9.90 Å². The van der Waals surface area contributed by atoms with Crippen LogP contribution in [0.2, 0.25) is 0 Å². The first-order chi connectivity index (χ1) is 13.1. The first kappa shape index (κ1) is 17.6. The lowest BCUT2D eigenvalue weighted by Gasteiger charge is -2.26. The van der Waals surface area contributed by atoms with Crippen molar-refractivity contribution < 1.29 is 9.90 Å². The molecule has 27 heavy (non-hydrogen) atoms. The molecule has 0 aliphatic carbocycles. The standard InChI is InChI=1S/C23H21NO2S/c1-16-2-4-19(5-3-16)21-12-15-27-22(21)23(26)24-13-10-18(11-14-24)17-6-8-20(25)9-7-17/h2-10,12,15,25H,11,13-14H2,1H3. The normalized spacial score (nSPS) is 14.1. The van der Waals surface area contributed by atoms with Gasteiger partial charge in [-0.3, -0.25) is 4.79 Å². The van der Waals surface area contributed by atoms with Crippen LogP contribution in [0.1, 0.15) is 27.2 Å². The Kier molecular flexibility index (Phi) is 4.82. The van der Waals surface area contributed by atoms with Gasteiger partial charge in [0.1, 0.15) is 5.75 Å². The Bertz CT molecular complexity index is 984. The number of aromatic hydroxyl groups is 1. The average Bonchev–Trinajstić information content (AvgIpc) is 3.18. The van der Waals surface area contributed by atoms with Crippen LogP contribution in [0, 0.1) is 6.92 Å². The fraction of sp³-hybridized carbons (Fsp3) is 0.174. The van der Waals surface area contributed by atoms with E-state index < -0.39 is 0 Å². The number of rotatable bonds is 3. The van der Waals surface area contributed by atoms with Crippen LogP contribution in [0.4, 0.5) is 0 Å². The van der Waals surface area contributed by atoms with Gasteiger partial charge in [0.05, 0.1) is 4.88 Å². The lowest BCUT2D eigenvalue weighted by molar-refractivity contribution is 0.0778. The Morgan fingerprint density at radius 1 is 1.00 bits per heavy atom. The quantitative estimate of drug-likeness (QED) is 0.669. The number of hydrogen-bond donors (Lipinski definition) is 1. The molecule has 0 saturated heterocycles. The maximum absolute atomic E-state index is 13.1. The molecule has 0 bridgehead atoms. The van der Waals surface area contributed by atoms with E-state index in [0.29, 0.717) is 13.1 Å². The summed E-state index contributed by atoms with van der Waals surface area (Å²) < 4.78 is 0. The van der Waals surface area contributed by atoms with Crippen LogP contribution >= 0.6 is 11.3 Å². The molecule has 0 atom stereocenters. The van der Waals surface area contributed by atoms with Crippen molar-refractivity contribution in [2.75, 3.05) is 13.1 Å². The van der Waals surface area contributed by atoms with Crippen molar-refractivity contribution in [3.8, 4) is 16.9 Å². The maximum atomic E-state index is 13.1. The summed E-state index contributed by atoms with van der Waals surface area (Å²) in [5.74, 6) is 0.370. The Morgan fingerprint density at radius 3 is 2.37 bits per heavy atom. The van der Waals surface area contributed by atoms with Gasteiger partial charge in [-0.15, -0.1) is 11.3 Å². The van der Waals surface area contributed by atoms with Crippen LogP contribution < -0.4 is 0 Å². The van der Waals surface area contributed by atoms with Gasteiger partial charge in [-0.25, -0.2) is 0 Å². The van der Waals surface area contributed by atoms with Crippen LogP contribution in [0.5, 0.6) is 5.75 Å². The molecule has 0 spiro atoms. The monoisotopic (exact) mass is 375 g/mol. The molecule has 0 fully saturated rings. The van der Waals surface area contributed by atoms with E-state index in [2.05, 4.69) is 37.3 Å². The third-order valence-electron chi connectivity index (χ3n) is 4.96. The molecule has 1 N–H and O–H groups in total. The fourth-order valence-corrected chi connectivity index (χ4v) is 4.25. The van der Waals surface area contributed by atoms with E-state index in [-0.39, 0.29) is 11.7 Å². The van der Waals surface area contributed by atoms with Gasteiger partial charge in [0.15, 0.2) is 0 Å². The number of benzene rings is 2. The van der Waals surface area contributed by atoms with Crippen molar-refractivity contribution in [1.82, 2.24) is 4.90 Å². The van der Waals surface area contributed by atoms with Crippen molar-refractivity contribution in [2.24, 2.45) is 0 Å². The van der Waals surface area contributed by atoms with Gasteiger partial charge in [-0.2, -0.15) is 0 Å². The molecule has 0 unspecified atom stereocenters. The molecule has 0 radical (unpaired) electrons. The highest BCUT2D eigenvalue weighted by Gasteiger charge is 2.23. The number of carbonyl (C=O) groups is 1. The fourth-order valence-electron chi connectivity index (χ4n) is 3.37. The van der Waals surface area contributed by atoms with Gasteiger partial charge < -0.3 is 10.0 Å². The van der Waals surface area contributed by atoms with Crippen molar-refractivity contribution in [3.63, 3.8) is 0 Å². The number of nitrogens with zero attached hydrogens (tertiary/aromatic N) is 1. The van der Waals surface area contributed by atoms with E-state index in [1.807, 2.05) is 28.5 Å². The van der Waals surface area contributed by atoms with Crippen LogP contribution in [0.15, 0.2) is 66.1 Å². The summed E-state index contributed by atoms with van der Waals surface area (Å²) in [4.78, 5) is 15.8. The van der Waals surface area contributed by atoms with E-state index in [4.69, 9.17) is 0 Å². The van der Waals surface area contributed by atoms with Gasteiger partial charge >= 0.3 is 0 Å². The van der Waals surface area contributed by atoms with Crippen LogP contribution in [-0.2, 0) is 0 Å². The van der Waals surface area contributed by atoms with Gasteiger partial charge in [-0.1, -0.05) is 48.0 Å². The summed E-state index contributed by atoms with van der Waals surface area (Å²) >= 11 is 1.51. The molecule has 136 valence electrons. The number of phenols is 1. The number of aryl methyl sites for hydroxylation is 1. The number of amides is 1. The van der Waals surface area contributed by atoms with E-state index in [1.54, 1.807) is 12.1 Å². The Morgan fingerprint density at radius 2 is 1.70 bits per heavy atom. The zero-order valence-electron chi connectivity index (χ0n) is 15.2. The van der Waals surface area contributed by atoms with Crippen LogP contribution in [0.25, 0.3) is 16.7 Å². The topological polar surface area (TPSA) is 40.5 Å². The Hall–Kier alpha value is -2.85. The highest BCUT2D eigenvalue weighted by molar-refractivity contribution is 7.12. The summed E-state index contributed by atoms with van der Waals surface area (Å²) in [6, 6.07) is 17.6. The minimum Gasteiger partial charge on any atom is -0.508 e. The van der Waals surface area contributed by atoms with E-state index >= 15 is 0 Å². The van der Waals surface area contributed by atoms with Gasteiger partial charge in [0.25, 0.3) is 5.91 Å². The molecule has 4 rings (SSSR count). The summed E-state index contributed by atoms with van der Waals surface area (Å²) in [5.41, 5.74) is 5.64. The lowest BCUT2D eigenvalue weighted by atomic mass is 9.99. The van der Waals surface area contributed by atoms with E-state index in [1.165, 1.54) is 22.5 Å². The summed E-state index contributed by atoms with van der Waals surface area (Å²) in [7, 11) is 0. The second-order valence-electron chi connectivity index (χ2n) is 6.81. The largest absolute Gasteiger partial charge is 0.508 e. The predicted octanol–water partition coefficient (Wildman–Crippen LogP) is 5.36. The van der Waals surface area contributed by atoms with Crippen molar-refractivity contribution in [2.45, 2.75) is 13.3 Å². The first-order valence-electron chi connectivity index (χ1n) is 9.04. The maximum Gasteiger partial charge on any atom is 0.264 e. The van der Waals surface area contributed by atoms with Crippen LogP contribution in [0.3, 0.4) is 0 Å². The average molecular weight is 375 g/mol. The van der Waals surface area contributed by atoms with Crippen LogP contribution in [-0.4, -0.2) is 29.0 Å². The Labute approximate surface area is 163 Å². The number of carbonyl (C=O) groups excluding carboxylic acids is 1. The van der Waals surface area contributed by atoms with Gasteiger partial charge in [0, 0.05) is 18.7 Å². The molecule has 3 nitrogen and oxygen atoms in total. The number of thiophene rings is 1. The van der Waals surface area contributed by atoms with Crippen molar-refractivity contribution in [1.29, 1.82) is 0 Å². The second kappa shape index (κ2) is 7.41. The molecular weight excluding hydrogens is 354 g/mol. The minimum absolute atomic E-state index is 0.0987. The van der Waals surface area contributed by atoms with Crippen molar-refractivity contribution in [3.05, 3.63) is 82.1 Å². The third kappa shape index (κ3) is 3.67. The zero-order valence-corrected chi connectivity index (χ0v) is 16.0. The van der Waals surface area contributed by atoms with E-state index in [0.717, 1.165) is 28.0 Å². The SMILES string of the molecule is Cc1ccc(-c2ccsc2C(=O)N2CC=C(c3ccc(O)cc3)CC2)cc1. The first-order valence-corrected chi connectivity index (χ1v) is 9.92. The van der Waals surface area contributed by atoms with Gasteiger partial charge in [-0.05, 0) is 53.6 Å². The third-order valence-corrected chi connectivity index (χ3v) is 5.86. The molecule has 1 amide bonds. The molecule has 1 aliphatic heterocycles. The highest BCUT2D eigenvalue weighted by atomic mass is 32.1. The predicted molar refractivity (Wildman–Crippen MR) is 111 cm³/mol. The molecule has 4 heteroatoms. The second-order valence-corrected chi connectivity index (χ2v) is 7.72. The number of phenolic OH excluding ortho intramolecular Hbond substituents is 1. The van der Waals surface area contributed by atoms with Gasteiger partial charge in [0.2, 0.25) is 0 Å². The molecular formula is C23H21NO2S. The highest BCUT2D eigenvalue weighted by Crippen LogP contribution is 2.31. The molecule has 2 heterocycles. The molecule has 1 aromatic heterocycles. The Balaban J connectivity index is 1.53. The van der Waals surface area contributed by atoms with Crippen molar-refractivity contribution >= 4 is 22.8 Å². The smallest absolute Gasteiger partial charge is 0.264 e. The number of hydrogen-bond acceptors (Lipinski definition) is 3. The minimum atomic E-state index is 0.0987. The summed E-state index contributed by atoms with van der Waals surface area (Å²) in [6.45, 7) is 3.38. The lowest BCUT2D eigenvalue weighted by Crippen LogP contribution is -2.34. The molecule has 2 aromatic carbocycles. The summed E-state index contributed by atoms with van der Waals surface area (Å²) in [5, 5.41) is 11.4. The molecule has 0 saturated carbocycles.